The number of hydrogen-bond donors (Lipinski definition) is 0. The first-order valence-electron chi connectivity index (χ1n) is 10.9. The molecule has 1 saturated heterocycles. The second-order valence-electron chi connectivity index (χ2n) is 8.82. The van der Waals surface area contributed by atoms with E-state index in [9.17, 15) is 4.79 Å². The average Bonchev–Trinajstić information content (AvgIpc) is 2.79. The Morgan fingerprint density at radius 3 is 2.70 bits per heavy atom. The normalized spacial score (nSPS) is 26.9. The van der Waals surface area contributed by atoms with Crippen LogP contribution in [0.25, 0.3) is 0 Å². The van der Waals surface area contributed by atoms with E-state index in [1.165, 1.54) is 22.3 Å². The highest BCUT2D eigenvalue weighted by Gasteiger charge is 2.55. The molecule has 2 aliphatic carbocycles. The van der Waals surface area contributed by atoms with E-state index in [1.54, 1.807) is 14.2 Å². The number of allylic oxidation sites excluding steroid dienone is 2. The number of carbonyl (C=O) groups is 1. The van der Waals surface area contributed by atoms with Gasteiger partial charge in [0.1, 0.15) is 5.75 Å². The summed E-state index contributed by atoms with van der Waals surface area (Å²) in [7, 11) is 3.57. The van der Waals surface area contributed by atoms with Crippen LogP contribution >= 0.6 is 0 Å². The van der Waals surface area contributed by atoms with E-state index in [2.05, 4.69) is 48.5 Å². The molecule has 1 fully saturated rings. The summed E-state index contributed by atoms with van der Waals surface area (Å²) in [6.07, 6.45) is 8.06. The van der Waals surface area contributed by atoms with Crippen molar-refractivity contribution in [3.63, 3.8) is 0 Å². The number of methoxy groups -OCH3 is 2. The smallest absolute Gasteiger partial charge is 0.209 e. The lowest BCUT2D eigenvalue weighted by atomic mass is 9.54. The Morgan fingerprint density at radius 2 is 1.97 bits per heavy atom. The molecule has 2 bridgehead atoms. The maximum atomic E-state index is 11.8. The minimum absolute atomic E-state index is 0.126. The van der Waals surface area contributed by atoms with Crippen molar-refractivity contribution in [1.29, 1.82) is 0 Å². The van der Waals surface area contributed by atoms with Gasteiger partial charge in [0.2, 0.25) is 6.41 Å². The highest BCUT2D eigenvalue weighted by atomic mass is 16.5. The summed E-state index contributed by atoms with van der Waals surface area (Å²) in [5.41, 5.74) is 5.03. The molecule has 0 saturated carbocycles. The molecule has 2 aromatic carbocycles. The van der Waals surface area contributed by atoms with E-state index in [0.29, 0.717) is 5.92 Å². The maximum Gasteiger partial charge on any atom is 0.209 e. The second-order valence-corrected chi connectivity index (χ2v) is 8.82. The van der Waals surface area contributed by atoms with E-state index in [4.69, 9.17) is 9.47 Å². The van der Waals surface area contributed by atoms with Gasteiger partial charge in [0.05, 0.1) is 20.0 Å². The fraction of sp³-hybridized carbons (Fsp3) is 0.423. The van der Waals surface area contributed by atoms with Gasteiger partial charge in [-0.1, -0.05) is 42.5 Å². The predicted molar refractivity (Wildman–Crippen MR) is 117 cm³/mol. The summed E-state index contributed by atoms with van der Waals surface area (Å²) in [5.74, 6) is 2.49. The number of rotatable bonds is 5. The van der Waals surface area contributed by atoms with Gasteiger partial charge >= 0.3 is 0 Å². The molecular weight excluding hydrogens is 374 g/mol. The largest absolute Gasteiger partial charge is 0.501 e. The summed E-state index contributed by atoms with van der Waals surface area (Å²) in [6.45, 7) is 0.781. The molecule has 1 amide bonds. The average molecular weight is 404 g/mol. The third-order valence-corrected chi connectivity index (χ3v) is 7.52. The zero-order valence-corrected chi connectivity index (χ0v) is 17.8. The van der Waals surface area contributed by atoms with Gasteiger partial charge in [-0.25, -0.2) is 0 Å². The van der Waals surface area contributed by atoms with Crippen molar-refractivity contribution in [1.82, 2.24) is 4.90 Å². The van der Waals surface area contributed by atoms with Crippen LogP contribution in [0.4, 0.5) is 0 Å². The first kappa shape index (κ1) is 19.2. The highest BCUT2D eigenvalue weighted by molar-refractivity contribution is 5.59. The molecule has 0 radical (unpaired) electrons. The van der Waals surface area contributed by atoms with Crippen molar-refractivity contribution in [3.05, 3.63) is 76.6 Å². The van der Waals surface area contributed by atoms with Crippen molar-refractivity contribution >= 4 is 6.41 Å². The zero-order chi connectivity index (χ0) is 20.7. The third kappa shape index (κ3) is 2.84. The first-order valence-corrected chi connectivity index (χ1v) is 10.9. The molecule has 4 heteroatoms. The van der Waals surface area contributed by atoms with Crippen LogP contribution in [0.3, 0.4) is 0 Å². The molecule has 2 aromatic rings. The zero-order valence-electron chi connectivity index (χ0n) is 17.8. The van der Waals surface area contributed by atoms with E-state index in [0.717, 1.165) is 56.6 Å². The quantitative estimate of drug-likeness (QED) is 0.701. The molecule has 1 heterocycles. The maximum absolute atomic E-state index is 11.8. The lowest BCUT2D eigenvalue weighted by Crippen LogP contribution is -2.60. The number of piperidine rings is 1. The predicted octanol–water partition coefficient (Wildman–Crippen LogP) is 4.25. The summed E-state index contributed by atoms with van der Waals surface area (Å²) < 4.78 is 11.9. The molecule has 30 heavy (non-hydrogen) atoms. The molecule has 5 rings (SSSR count). The van der Waals surface area contributed by atoms with Crippen LogP contribution in [0.2, 0.25) is 0 Å². The summed E-state index contributed by atoms with van der Waals surface area (Å²) >= 11 is 0. The van der Waals surface area contributed by atoms with Crippen LogP contribution in [0.15, 0.2) is 54.3 Å². The van der Waals surface area contributed by atoms with Crippen molar-refractivity contribution in [2.75, 3.05) is 20.8 Å². The first-order chi connectivity index (χ1) is 14.7. The van der Waals surface area contributed by atoms with Crippen molar-refractivity contribution in [2.45, 2.75) is 43.6 Å². The molecule has 1 aliphatic heterocycles. The monoisotopic (exact) mass is 403 g/mol. The van der Waals surface area contributed by atoms with E-state index < -0.39 is 0 Å². The highest BCUT2D eigenvalue weighted by Crippen LogP contribution is 2.57. The van der Waals surface area contributed by atoms with Crippen LogP contribution in [0, 0.1) is 5.92 Å². The number of carbonyl (C=O) groups excluding carboxylic acids is 1. The molecule has 0 unspecified atom stereocenters. The Labute approximate surface area is 178 Å². The Balaban J connectivity index is 1.69. The minimum Gasteiger partial charge on any atom is -0.501 e. The van der Waals surface area contributed by atoms with Gasteiger partial charge in [-0.2, -0.15) is 0 Å². The van der Waals surface area contributed by atoms with Crippen molar-refractivity contribution in [2.24, 2.45) is 5.92 Å². The van der Waals surface area contributed by atoms with Crippen molar-refractivity contribution < 1.29 is 14.3 Å². The minimum atomic E-state index is -0.126. The van der Waals surface area contributed by atoms with Gasteiger partial charge in [-0.3, -0.25) is 4.79 Å². The van der Waals surface area contributed by atoms with Gasteiger partial charge in [0.25, 0.3) is 0 Å². The van der Waals surface area contributed by atoms with Crippen LogP contribution in [-0.4, -0.2) is 38.1 Å². The van der Waals surface area contributed by atoms with Crippen LogP contribution in [0.1, 0.15) is 41.5 Å². The topological polar surface area (TPSA) is 38.8 Å². The lowest BCUT2D eigenvalue weighted by Gasteiger charge is -2.57. The second kappa shape index (κ2) is 7.50. The van der Waals surface area contributed by atoms with Crippen LogP contribution < -0.4 is 4.74 Å². The standard InChI is InChI=1S/C26H29NO3/c1-29-21-10-11-22-23-15-19-8-9-20(14-18-6-4-3-5-7-18)25(30-2)24(19)26(22,16-21)12-13-27(23)17-28/h3-9,16-17,22-23H,10-15H2,1-2H3/t22-,23+,26-/m0/s1. The third-order valence-electron chi connectivity index (χ3n) is 7.52. The van der Waals surface area contributed by atoms with E-state index >= 15 is 0 Å². The fourth-order valence-corrected chi connectivity index (χ4v) is 6.22. The number of hydrogen-bond acceptors (Lipinski definition) is 3. The molecule has 3 aliphatic rings. The van der Waals surface area contributed by atoms with Gasteiger partial charge in [0.15, 0.2) is 0 Å². The Bertz CT molecular complexity index is 983. The Morgan fingerprint density at radius 1 is 1.13 bits per heavy atom. The molecule has 0 N–H and O–H groups in total. The summed E-state index contributed by atoms with van der Waals surface area (Å²) in [5, 5.41) is 0. The number of fused-ring (bicyclic) bond motifs is 1. The van der Waals surface area contributed by atoms with Gasteiger partial charge in [-0.05, 0) is 47.9 Å². The molecule has 156 valence electrons. The number of likely N-dealkylation sites (tertiary alicyclic amines) is 1. The number of nitrogens with zero attached hydrogens (tertiary/aromatic N) is 1. The van der Waals surface area contributed by atoms with Crippen LogP contribution in [0.5, 0.6) is 5.75 Å². The number of amides is 1. The summed E-state index contributed by atoms with van der Waals surface area (Å²) in [4.78, 5) is 13.8. The fourth-order valence-electron chi connectivity index (χ4n) is 6.22. The van der Waals surface area contributed by atoms with Gasteiger partial charge < -0.3 is 14.4 Å². The van der Waals surface area contributed by atoms with Crippen molar-refractivity contribution in [3.8, 4) is 5.75 Å². The molecule has 3 atom stereocenters. The molecular formula is C26H29NO3. The summed E-state index contributed by atoms with van der Waals surface area (Å²) in [6, 6.07) is 15.3. The number of benzene rings is 2. The van der Waals surface area contributed by atoms with Crippen LogP contribution in [-0.2, 0) is 27.8 Å². The number of ether oxygens (including phenoxy) is 2. The van der Waals surface area contributed by atoms with Gasteiger partial charge in [-0.15, -0.1) is 0 Å². The van der Waals surface area contributed by atoms with E-state index in [1.807, 2.05) is 4.90 Å². The molecule has 4 nitrogen and oxygen atoms in total. The molecule has 0 spiro atoms. The molecule has 0 aromatic heterocycles. The van der Waals surface area contributed by atoms with Gasteiger partial charge in [0, 0.05) is 36.4 Å². The Hall–Kier alpha value is -2.75. The Kier molecular flexibility index (Phi) is 4.80. The lowest BCUT2D eigenvalue weighted by molar-refractivity contribution is -0.125. The van der Waals surface area contributed by atoms with E-state index in [-0.39, 0.29) is 11.5 Å². The SMILES string of the molecule is COC1=C[C@]23CCN(C=O)[C@H](Cc4ccc(Cc5ccccc5)c(OC)c42)[C@@H]3CC1.